The summed E-state index contributed by atoms with van der Waals surface area (Å²) in [5, 5.41) is 5.47. The third-order valence-corrected chi connectivity index (χ3v) is 12.2. The van der Waals surface area contributed by atoms with Crippen molar-refractivity contribution >= 4 is 63.2 Å². The number of piperidine rings is 2. The molecule has 3 aliphatic heterocycles. The Balaban J connectivity index is 0.000000256. The van der Waals surface area contributed by atoms with E-state index in [0.29, 0.717) is 80.8 Å². The van der Waals surface area contributed by atoms with Gasteiger partial charge in [0, 0.05) is 70.4 Å². The van der Waals surface area contributed by atoms with Gasteiger partial charge >= 0.3 is 0 Å². The van der Waals surface area contributed by atoms with Crippen LogP contribution in [0.1, 0.15) is 83.1 Å². The third-order valence-electron chi connectivity index (χ3n) is 10.4. The van der Waals surface area contributed by atoms with E-state index in [1.54, 1.807) is 25.1 Å². The number of carbonyl (C=O) groups is 4. The molecule has 4 heterocycles. The number of aliphatic imine (C=N–C) groups is 1. The van der Waals surface area contributed by atoms with Gasteiger partial charge in [-0.2, -0.15) is 0 Å². The minimum absolute atomic E-state index is 0.218. The maximum atomic E-state index is 13.6. The van der Waals surface area contributed by atoms with Crippen molar-refractivity contribution in [3.63, 3.8) is 0 Å². The van der Waals surface area contributed by atoms with E-state index in [2.05, 4.69) is 30.5 Å². The fourth-order valence-electron chi connectivity index (χ4n) is 6.83. The van der Waals surface area contributed by atoms with Crippen LogP contribution in [0.3, 0.4) is 0 Å². The van der Waals surface area contributed by atoms with Crippen LogP contribution in [0.5, 0.6) is 5.75 Å². The molecule has 3 aromatic rings. The van der Waals surface area contributed by atoms with Crippen molar-refractivity contribution in [2.24, 2.45) is 22.4 Å². The molecule has 312 valence electrons. The van der Waals surface area contributed by atoms with Gasteiger partial charge in [0.05, 0.1) is 34.4 Å². The quantitative estimate of drug-likeness (QED) is 0.0634. The van der Waals surface area contributed by atoms with Gasteiger partial charge in [0.25, 0.3) is 5.91 Å². The Bertz CT molecular complexity index is 2100. The van der Waals surface area contributed by atoms with Gasteiger partial charge in [-0.05, 0) is 98.0 Å². The first-order valence-corrected chi connectivity index (χ1v) is 20.7. The van der Waals surface area contributed by atoms with Gasteiger partial charge < -0.3 is 36.1 Å². The lowest BCUT2D eigenvalue weighted by Crippen LogP contribution is -2.52. The van der Waals surface area contributed by atoms with Crippen LogP contribution in [0.4, 0.5) is 11.5 Å². The SMILES string of the molecule is CCOCCN1CCC(COc2cc3ncnc(N=C(N)/C(C)=C(/C)N)c3cc2S(=O)C(C)(C)C)CC1.O=CNc1cccc2c1CN(C1CCC(=O)NC1=O)C2=O. The summed E-state index contributed by atoms with van der Waals surface area (Å²) >= 11 is 0. The van der Waals surface area contributed by atoms with Crippen molar-refractivity contribution in [3.8, 4) is 5.75 Å². The number of fused-ring (bicyclic) bond motifs is 2. The van der Waals surface area contributed by atoms with Crippen LogP contribution in [0, 0.1) is 5.92 Å². The van der Waals surface area contributed by atoms with E-state index < -0.39 is 27.5 Å². The molecule has 2 fully saturated rings. The summed E-state index contributed by atoms with van der Waals surface area (Å²) < 4.78 is 24.9. The molecule has 0 spiro atoms. The van der Waals surface area contributed by atoms with Crippen LogP contribution in [-0.4, -0.2) is 104 Å². The highest BCUT2D eigenvalue weighted by Gasteiger charge is 2.40. The van der Waals surface area contributed by atoms with Crippen molar-refractivity contribution in [1.82, 2.24) is 25.1 Å². The van der Waals surface area contributed by atoms with Gasteiger partial charge in [-0.25, -0.2) is 15.0 Å². The summed E-state index contributed by atoms with van der Waals surface area (Å²) in [5.41, 5.74) is 15.7. The molecule has 0 aliphatic carbocycles. The predicted octanol–water partition coefficient (Wildman–Crippen LogP) is 3.92. The van der Waals surface area contributed by atoms with Gasteiger partial charge in [0.15, 0.2) is 5.82 Å². The normalized spacial score (nSPS) is 18.9. The Morgan fingerprint density at radius 3 is 2.50 bits per heavy atom. The minimum Gasteiger partial charge on any atom is -0.492 e. The Morgan fingerprint density at radius 2 is 1.84 bits per heavy atom. The summed E-state index contributed by atoms with van der Waals surface area (Å²) in [6.45, 7) is 16.8. The Morgan fingerprint density at radius 1 is 1.10 bits per heavy atom. The number of ether oxygens (including phenoxy) is 2. The fourth-order valence-corrected chi connectivity index (χ4v) is 8.02. The second kappa shape index (κ2) is 19.5. The van der Waals surface area contributed by atoms with Gasteiger partial charge in [0.1, 0.15) is 24.0 Å². The molecule has 0 bridgehead atoms. The average molecular weight is 818 g/mol. The van der Waals surface area contributed by atoms with E-state index >= 15 is 0 Å². The monoisotopic (exact) mass is 817 g/mol. The van der Waals surface area contributed by atoms with Gasteiger partial charge in [-0.15, -0.1) is 0 Å². The molecule has 4 amide bonds. The number of rotatable bonds is 13. The van der Waals surface area contributed by atoms with Gasteiger partial charge in [-0.3, -0.25) is 28.7 Å². The Hall–Kier alpha value is -5.26. The number of amidine groups is 1. The first kappa shape index (κ1) is 43.9. The second-order valence-electron chi connectivity index (χ2n) is 15.5. The number of nitrogens with zero attached hydrogens (tertiary/aromatic N) is 5. The van der Waals surface area contributed by atoms with E-state index in [0.717, 1.165) is 45.7 Å². The topological polar surface area (TPSA) is 225 Å². The molecule has 16 nitrogen and oxygen atoms in total. The van der Waals surface area contributed by atoms with Gasteiger partial charge in [0.2, 0.25) is 18.2 Å². The third kappa shape index (κ3) is 10.6. The van der Waals surface area contributed by atoms with Crippen LogP contribution in [0.25, 0.3) is 10.9 Å². The fraction of sp³-hybridized carbons (Fsp3) is 0.488. The second-order valence-corrected chi connectivity index (χ2v) is 17.7. The lowest BCUT2D eigenvalue weighted by atomic mass is 9.98. The summed E-state index contributed by atoms with van der Waals surface area (Å²) in [6.07, 6.45) is 4.66. The highest BCUT2D eigenvalue weighted by molar-refractivity contribution is 7.86. The van der Waals surface area contributed by atoms with E-state index in [4.69, 9.17) is 20.9 Å². The van der Waals surface area contributed by atoms with Crippen molar-refractivity contribution in [2.45, 2.75) is 89.5 Å². The Kier molecular flexibility index (Phi) is 14.7. The molecule has 0 radical (unpaired) electrons. The van der Waals surface area contributed by atoms with Gasteiger partial charge in [-0.1, -0.05) is 6.07 Å². The summed E-state index contributed by atoms with van der Waals surface area (Å²) in [4.78, 5) is 63.9. The van der Waals surface area contributed by atoms with E-state index in [9.17, 15) is 23.4 Å². The number of nitrogens with two attached hydrogens (primary N) is 2. The number of likely N-dealkylation sites (tertiary alicyclic amines) is 1. The first-order chi connectivity index (χ1) is 27.6. The van der Waals surface area contributed by atoms with Crippen LogP contribution in [0.15, 0.2) is 57.8 Å². The number of amides is 4. The number of benzene rings is 2. The molecular formula is C41H55N9O7S. The number of nitrogens with one attached hydrogen (secondary N) is 2. The minimum atomic E-state index is -1.33. The first-order valence-electron chi connectivity index (χ1n) is 19.5. The number of aromatic nitrogens is 2. The highest BCUT2D eigenvalue weighted by Crippen LogP contribution is 2.36. The molecule has 2 unspecified atom stereocenters. The molecule has 2 atom stereocenters. The van der Waals surface area contributed by atoms with E-state index in [1.165, 1.54) is 11.2 Å². The lowest BCUT2D eigenvalue weighted by molar-refractivity contribution is -0.137. The van der Waals surface area contributed by atoms with Crippen LogP contribution < -0.4 is 26.8 Å². The number of hydrogen-bond donors (Lipinski definition) is 4. The summed E-state index contributed by atoms with van der Waals surface area (Å²) in [5.74, 6) is 0.701. The molecule has 1 aromatic heterocycles. The van der Waals surface area contributed by atoms with Crippen LogP contribution in [-0.2, 0) is 36.5 Å². The van der Waals surface area contributed by atoms with Crippen LogP contribution in [0.2, 0.25) is 0 Å². The number of hydrogen-bond acceptors (Lipinski definition) is 12. The number of anilines is 1. The zero-order valence-electron chi connectivity index (χ0n) is 34.1. The van der Waals surface area contributed by atoms with Crippen LogP contribution >= 0.6 is 0 Å². The lowest BCUT2D eigenvalue weighted by Gasteiger charge is -2.32. The van der Waals surface area contributed by atoms with Crippen molar-refractivity contribution in [3.05, 3.63) is 59.1 Å². The number of imide groups is 1. The molecule has 58 heavy (non-hydrogen) atoms. The molecule has 0 saturated carbocycles. The standard InChI is InChI=1S/C27H42N6O3S.C14H13N3O4/c1-7-35-13-12-33-10-8-20(9-11-33)16-36-23-15-22-21(14-24(23)37(34)27(4,5)6)26(31-17-30-22)32-25(29)18(2)19(3)28;18-7-15-10-3-1-2-8-9(10)6-17(14(8)21)11-4-5-12(19)16-13(11)20/h14-15,17,20H,7-13,16,28H2,1-6H3,(H2,29,30,31,32);1-3,7,11H,4-6H2,(H,15,18)(H,16,19,20)/b19-18-;. The van der Waals surface area contributed by atoms with Crippen molar-refractivity contribution in [2.75, 3.05) is 44.8 Å². The molecule has 6 N–H and O–H groups in total. The molecule has 2 saturated heterocycles. The highest BCUT2D eigenvalue weighted by atomic mass is 32.2. The molecule has 6 rings (SSSR count). The smallest absolute Gasteiger partial charge is 0.255 e. The zero-order valence-corrected chi connectivity index (χ0v) is 34.9. The largest absolute Gasteiger partial charge is 0.492 e. The van der Waals surface area contributed by atoms with E-state index in [-0.39, 0.29) is 30.6 Å². The van der Waals surface area contributed by atoms with Crippen molar-refractivity contribution in [1.29, 1.82) is 0 Å². The Labute approximate surface area is 341 Å². The molecule has 3 aliphatic rings. The zero-order chi connectivity index (χ0) is 42.1. The predicted molar refractivity (Wildman–Crippen MR) is 223 cm³/mol. The number of carbonyl (C=O) groups excluding carboxylic acids is 4. The maximum absolute atomic E-state index is 13.6. The van der Waals surface area contributed by atoms with E-state index in [1.807, 2.05) is 46.8 Å². The van der Waals surface area contributed by atoms with Crippen molar-refractivity contribution < 1.29 is 32.9 Å². The maximum Gasteiger partial charge on any atom is 0.255 e. The molecular weight excluding hydrogens is 763 g/mol. The summed E-state index contributed by atoms with van der Waals surface area (Å²) in [7, 11) is -1.33. The molecule has 17 heteroatoms. The average Bonchev–Trinajstić information content (AvgIpc) is 3.53. The number of allylic oxidation sites excluding steroid dienone is 1. The molecule has 2 aromatic carbocycles. The summed E-state index contributed by atoms with van der Waals surface area (Å²) in [6, 6.07) is 8.08.